The quantitative estimate of drug-likeness (QED) is 0.432. The Morgan fingerprint density at radius 3 is 2.44 bits per heavy atom. The summed E-state index contributed by atoms with van der Waals surface area (Å²) in [6.07, 6.45) is 0. The lowest BCUT2D eigenvalue weighted by Gasteiger charge is -2.35. The lowest BCUT2D eigenvalue weighted by atomic mass is 10.1. The van der Waals surface area contributed by atoms with E-state index in [1.807, 2.05) is 24.3 Å². The Kier molecular flexibility index (Phi) is 5.22. The average Bonchev–Trinajstić information content (AvgIpc) is 3.12. The number of aromatic nitrogens is 3. The van der Waals surface area contributed by atoms with Crippen LogP contribution in [-0.4, -0.2) is 63.5 Å². The van der Waals surface area contributed by atoms with Gasteiger partial charge in [0.1, 0.15) is 11.2 Å². The molecular weight excluding hydrogens is 441 g/mol. The number of rotatable bonds is 3. The third kappa shape index (κ3) is 3.20. The molecule has 1 aliphatic heterocycles. The van der Waals surface area contributed by atoms with Crippen molar-refractivity contribution in [2.24, 2.45) is 7.05 Å². The number of hydrogen-bond donors (Lipinski definition) is 0. The highest BCUT2D eigenvalue weighted by Crippen LogP contribution is 2.28. The standard InChI is InChI=1S/C24H24FN5O4/c1-4-34-24(33)19-20(32)15-13-16(25)22(29-11-9-28(10-12-29)14(2)31)26-21(15)30-18-8-6-5-7-17(18)27(3)23(19)30/h5-8,13H,4,9-12H2,1-3H3. The fourth-order valence-electron chi connectivity index (χ4n) is 4.69. The topological polar surface area (TPSA) is 89.2 Å². The van der Waals surface area contributed by atoms with E-state index in [1.165, 1.54) is 6.92 Å². The minimum Gasteiger partial charge on any atom is -0.462 e. The molecule has 4 aromatic rings. The Hall–Kier alpha value is -3.95. The number of imidazole rings is 1. The van der Waals surface area contributed by atoms with E-state index in [1.54, 1.807) is 32.7 Å². The molecule has 3 aromatic heterocycles. The maximum absolute atomic E-state index is 15.3. The van der Waals surface area contributed by atoms with Crippen LogP contribution in [0.5, 0.6) is 0 Å². The van der Waals surface area contributed by atoms with Gasteiger partial charge >= 0.3 is 5.97 Å². The van der Waals surface area contributed by atoms with Crippen molar-refractivity contribution in [2.75, 3.05) is 37.7 Å². The molecule has 0 spiro atoms. The number of halogens is 1. The van der Waals surface area contributed by atoms with Crippen molar-refractivity contribution in [3.63, 3.8) is 0 Å². The van der Waals surface area contributed by atoms with Gasteiger partial charge in [-0.05, 0) is 25.1 Å². The van der Waals surface area contributed by atoms with Crippen molar-refractivity contribution in [1.29, 1.82) is 0 Å². The Labute approximate surface area is 193 Å². The average molecular weight is 465 g/mol. The molecule has 0 unspecified atom stereocenters. The molecule has 10 heteroatoms. The van der Waals surface area contributed by atoms with Gasteiger partial charge in [-0.1, -0.05) is 12.1 Å². The molecule has 0 atom stereocenters. The predicted octanol–water partition coefficient (Wildman–Crippen LogP) is 2.32. The second-order valence-electron chi connectivity index (χ2n) is 8.29. The smallest absolute Gasteiger partial charge is 0.345 e. The molecule has 0 aliphatic carbocycles. The zero-order chi connectivity index (χ0) is 24.1. The third-order valence-corrected chi connectivity index (χ3v) is 6.36. The molecule has 1 aliphatic rings. The maximum Gasteiger partial charge on any atom is 0.345 e. The van der Waals surface area contributed by atoms with Gasteiger partial charge in [0, 0.05) is 40.2 Å². The lowest BCUT2D eigenvalue weighted by molar-refractivity contribution is -0.129. The zero-order valence-corrected chi connectivity index (χ0v) is 19.2. The van der Waals surface area contributed by atoms with Gasteiger partial charge in [-0.15, -0.1) is 0 Å². The number of carbonyl (C=O) groups is 2. The summed E-state index contributed by atoms with van der Waals surface area (Å²) in [5, 5.41) is 0.000489. The van der Waals surface area contributed by atoms with E-state index in [9.17, 15) is 14.4 Å². The number of nitrogens with zero attached hydrogens (tertiary/aromatic N) is 5. The van der Waals surface area contributed by atoms with Crippen LogP contribution in [0.25, 0.3) is 27.7 Å². The van der Waals surface area contributed by atoms with Crippen LogP contribution in [0.4, 0.5) is 10.2 Å². The minimum absolute atomic E-state index is 0.000489. The van der Waals surface area contributed by atoms with Gasteiger partial charge in [-0.25, -0.2) is 14.2 Å². The van der Waals surface area contributed by atoms with Crippen molar-refractivity contribution in [3.05, 3.63) is 51.9 Å². The van der Waals surface area contributed by atoms with E-state index in [-0.39, 0.29) is 34.9 Å². The van der Waals surface area contributed by atoms with Gasteiger partial charge in [-0.3, -0.25) is 14.0 Å². The van der Waals surface area contributed by atoms with E-state index in [2.05, 4.69) is 4.98 Å². The van der Waals surface area contributed by atoms with Crippen LogP contribution in [0.1, 0.15) is 24.2 Å². The first-order valence-corrected chi connectivity index (χ1v) is 11.1. The molecular formula is C24H24FN5O4. The van der Waals surface area contributed by atoms with E-state index >= 15 is 4.39 Å². The molecule has 0 radical (unpaired) electrons. The number of piperazine rings is 1. The van der Waals surface area contributed by atoms with Crippen molar-refractivity contribution in [2.45, 2.75) is 13.8 Å². The molecule has 9 nitrogen and oxygen atoms in total. The Morgan fingerprint density at radius 2 is 1.79 bits per heavy atom. The second kappa shape index (κ2) is 8.12. The molecule has 0 N–H and O–H groups in total. The highest BCUT2D eigenvalue weighted by molar-refractivity contribution is 6.03. The number of carbonyl (C=O) groups excluding carboxylic acids is 2. The first kappa shape index (κ1) is 21.9. The summed E-state index contributed by atoms with van der Waals surface area (Å²) in [6, 6.07) is 8.59. The van der Waals surface area contributed by atoms with Crippen molar-refractivity contribution in [3.8, 4) is 0 Å². The van der Waals surface area contributed by atoms with Crippen LogP contribution in [-0.2, 0) is 16.6 Å². The van der Waals surface area contributed by atoms with Crippen LogP contribution >= 0.6 is 0 Å². The maximum atomic E-state index is 15.3. The first-order valence-electron chi connectivity index (χ1n) is 11.1. The van der Waals surface area contributed by atoms with Gasteiger partial charge < -0.3 is 19.1 Å². The third-order valence-electron chi connectivity index (χ3n) is 6.36. The number of pyridine rings is 2. The van der Waals surface area contributed by atoms with Crippen LogP contribution in [0.3, 0.4) is 0 Å². The van der Waals surface area contributed by atoms with Crippen LogP contribution in [0.15, 0.2) is 35.1 Å². The Morgan fingerprint density at radius 1 is 1.12 bits per heavy atom. The molecule has 1 amide bonds. The second-order valence-corrected chi connectivity index (χ2v) is 8.29. The van der Waals surface area contributed by atoms with Crippen LogP contribution in [0, 0.1) is 5.82 Å². The van der Waals surface area contributed by atoms with Crippen LogP contribution < -0.4 is 10.3 Å². The first-order chi connectivity index (χ1) is 16.3. The molecule has 4 heterocycles. The van der Waals surface area contributed by atoms with Gasteiger partial charge in [0.05, 0.1) is 23.0 Å². The molecule has 0 bridgehead atoms. The fraction of sp³-hybridized carbons (Fsp3) is 0.333. The molecule has 1 saturated heterocycles. The summed E-state index contributed by atoms with van der Waals surface area (Å²) < 4.78 is 23.9. The fourth-order valence-corrected chi connectivity index (χ4v) is 4.69. The summed E-state index contributed by atoms with van der Waals surface area (Å²) in [6.45, 7) is 5.03. The van der Waals surface area contributed by atoms with Crippen molar-refractivity contribution >= 4 is 45.4 Å². The molecule has 176 valence electrons. The number of anilines is 1. The monoisotopic (exact) mass is 465 g/mol. The number of esters is 1. The predicted molar refractivity (Wildman–Crippen MR) is 126 cm³/mol. The Bertz CT molecular complexity index is 1530. The Balaban J connectivity index is 1.81. The SMILES string of the molecule is CCOC(=O)c1c(=O)c2cc(F)c(N3CCN(C(C)=O)CC3)nc2n2c3ccccc3n(C)c12. The molecule has 5 rings (SSSR count). The van der Waals surface area contributed by atoms with Crippen LogP contribution in [0.2, 0.25) is 0 Å². The number of benzene rings is 1. The number of ether oxygens (including phenoxy) is 1. The summed E-state index contributed by atoms with van der Waals surface area (Å²) in [5.41, 5.74) is 1.32. The van der Waals surface area contributed by atoms with Crippen molar-refractivity contribution < 1.29 is 18.7 Å². The molecule has 34 heavy (non-hydrogen) atoms. The van der Waals surface area contributed by atoms with E-state index in [0.717, 1.165) is 17.1 Å². The molecule has 1 aromatic carbocycles. The molecule has 1 fully saturated rings. The van der Waals surface area contributed by atoms with Crippen molar-refractivity contribution in [1.82, 2.24) is 18.9 Å². The van der Waals surface area contributed by atoms with Gasteiger partial charge in [0.25, 0.3) is 0 Å². The van der Waals surface area contributed by atoms with E-state index in [4.69, 9.17) is 4.74 Å². The highest BCUT2D eigenvalue weighted by Gasteiger charge is 2.28. The molecule has 0 saturated carbocycles. The van der Waals surface area contributed by atoms with E-state index < -0.39 is 17.2 Å². The normalized spacial score (nSPS) is 14.4. The summed E-state index contributed by atoms with van der Waals surface area (Å²) in [7, 11) is 1.76. The number of fused-ring (bicyclic) bond motifs is 5. The minimum atomic E-state index is -0.761. The number of amides is 1. The zero-order valence-electron chi connectivity index (χ0n) is 19.2. The highest BCUT2D eigenvalue weighted by atomic mass is 19.1. The number of aryl methyl sites for hydroxylation is 1. The lowest BCUT2D eigenvalue weighted by Crippen LogP contribution is -2.48. The summed E-state index contributed by atoms with van der Waals surface area (Å²) >= 11 is 0. The van der Waals surface area contributed by atoms with Gasteiger partial charge in [-0.2, -0.15) is 0 Å². The number of para-hydroxylation sites is 2. The van der Waals surface area contributed by atoms with E-state index in [0.29, 0.717) is 31.8 Å². The summed E-state index contributed by atoms with van der Waals surface area (Å²) in [4.78, 5) is 46.0. The largest absolute Gasteiger partial charge is 0.462 e. The van der Waals surface area contributed by atoms with Gasteiger partial charge in [0.2, 0.25) is 11.3 Å². The van der Waals surface area contributed by atoms with Gasteiger partial charge in [0.15, 0.2) is 17.3 Å². The number of hydrogen-bond acceptors (Lipinski definition) is 6. The summed E-state index contributed by atoms with van der Waals surface area (Å²) in [5.74, 6) is -1.33.